The molecule has 0 spiro atoms. The number of pyridine rings is 4. The maximum Gasteiger partial charge on any atom is 0.417 e. The smallest absolute Gasteiger partial charge is 0.307 e. The van der Waals surface area contributed by atoms with E-state index in [1.165, 1.54) is 6.07 Å². The lowest BCUT2D eigenvalue weighted by atomic mass is 9.96. The molecule has 0 unspecified atom stereocenters. The van der Waals surface area contributed by atoms with E-state index in [1.54, 1.807) is 24.8 Å². The Hall–Kier alpha value is -11.7. The molecule has 6 heterocycles. The van der Waals surface area contributed by atoms with Crippen molar-refractivity contribution < 1.29 is 22.0 Å². The largest absolute Gasteiger partial charge is 0.417 e. The van der Waals surface area contributed by atoms with Crippen molar-refractivity contribution in [2.75, 3.05) is 0 Å². The molecule has 2 aliphatic rings. The summed E-state index contributed by atoms with van der Waals surface area (Å²) in [6.07, 6.45) is 19.6. The van der Waals surface area contributed by atoms with Gasteiger partial charge in [0.1, 0.15) is 11.6 Å². The van der Waals surface area contributed by atoms with Gasteiger partial charge in [-0.2, -0.15) is 13.2 Å². The molecule has 0 atom stereocenters. The van der Waals surface area contributed by atoms with E-state index < -0.39 is 28.9 Å². The van der Waals surface area contributed by atoms with Gasteiger partial charge in [-0.3, -0.25) is 19.9 Å². The molecule has 16 rings (SSSR count). The minimum absolute atomic E-state index is 0.138. The van der Waals surface area contributed by atoms with Crippen molar-refractivity contribution in [3.05, 3.63) is 334 Å². The number of allylic oxidation sites excluding steroid dienone is 8. The highest BCUT2D eigenvalue weighted by atomic mass is 19.4. The number of halogens is 5. The highest BCUT2D eigenvalue weighted by Crippen LogP contribution is 2.47. The first-order valence-corrected chi connectivity index (χ1v) is 30.3. The van der Waals surface area contributed by atoms with Gasteiger partial charge >= 0.3 is 6.18 Å². The minimum Gasteiger partial charge on any atom is -0.307 e. The van der Waals surface area contributed by atoms with Crippen LogP contribution in [0.15, 0.2) is 286 Å². The van der Waals surface area contributed by atoms with Gasteiger partial charge in [-0.05, 0) is 129 Å². The fraction of sp³-hybridized carbons (Fsp3) is 0.0370. The fourth-order valence-electron chi connectivity index (χ4n) is 13.4. The van der Waals surface area contributed by atoms with Gasteiger partial charge in [0.2, 0.25) is 0 Å². The first-order valence-electron chi connectivity index (χ1n) is 30.3. The molecule has 0 aliphatic heterocycles. The van der Waals surface area contributed by atoms with Gasteiger partial charge in [0.05, 0.1) is 61.1 Å². The van der Waals surface area contributed by atoms with Crippen molar-refractivity contribution in [3.8, 4) is 67.3 Å². The third kappa shape index (κ3) is 9.82. The summed E-state index contributed by atoms with van der Waals surface area (Å²) in [5.41, 5.74) is 9.53. The van der Waals surface area contributed by atoms with Crippen LogP contribution in [0.5, 0.6) is 0 Å². The van der Waals surface area contributed by atoms with E-state index in [0.29, 0.717) is 46.7 Å². The summed E-state index contributed by atoms with van der Waals surface area (Å²) in [6.45, 7) is 0. The lowest BCUT2D eigenvalue weighted by Crippen LogP contribution is -2.13. The molecule has 8 aromatic carbocycles. The average molecular weight is 1200 g/mol. The predicted octanol–water partition coefficient (Wildman–Crippen LogP) is 19.0. The van der Waals surface area contributed by atoms with Crippen LogP contribution >= 0.6 is 0 Å². The van der Waals surface area contributed by atoms with Crippen molar-refractivity contribution >= 4 is 54.8 Å². The summed E-state index contributed by atoms with van der Waals surface area (Å²) in [6, 6.07) is 65.2. The van der Waals surface area contributed by atoms with Crippen LogP contribution in [0.2, 0.25) is 0 Å². The van der Waals surface area contributed by atoms with E-state index in [1.807, 2.05) is 179 Å². The van der Waals surface area contributed by atoms with Crippen LogP contribution in [0.1, 0.15) is 18.4 Å². The first-order chi connectivity index (χ1) is 45.1. The molecule has 0 amide bonds. The van der Waals surface area contributed by atoms with Gasteiger partial charge in [-0.15, -0.1) is 0 Å². The molecule has 0 saturated heterocycles. The topological polar surface area (TPSA) is 61.4 Å². The number of hydrogen-bond donors (Lipinski definition) is 0. The van der Waals surface area contributed by atoms with Gasteiger partial charge in [0, 0.05) is 85.1 Å². The molecule has 0 bridgehead atoms. The van der Waals surface area contributed by atoms with Crippen LogP contribution in [0.4, 0.5) is 22.0 Å². The number of alkyl halides is 3. The van der Waals surface area contributed by atoms with Crippen LogP contribution in [0.3, 0.4) is 0 Å². The molecule has 6 aromatic heterocycles. The first kappa shape index (κ1) is 55.6. The quantitative estimate of drug-likeness (QED) is 0.149. The summed E-state index contributed by atoms with van der Waals surface area (Å²) in [4.78, 5) is 19.7. The van der Waals surface area contributed by atoms with E-state index in [4.69, 9.17) is 19.9 Å². The lowest BCUT2D eigenvalue weighted by molar-refractivity contribution is -0.137. The Labute approximate surface area is 523 Å². The molecule has 14 aromatic rings. The summed E-state index contributed by atoms with van der Waals surface area (Å²) < 4.78 is 85.8. The summed E-state index contributed by atoms with van der Waals surface area (Å²) in [5.74, 6) is -2.05. The Morgan fingerprint density at radius 3 is 1.24 bits per heavy atom. The Balaban J connectivity index is 1.11. The molecule has 11 heteroatoms. The molecule has 2 aliphatic carbocycles. The van der Waals surface area contributed by atoms with Gasteiger partial charge in [0.15, 0.2) is 0 Å². The number of nitrogens with zero attached hydrogens (tertiary/aromatic N) is 6. The number of hydrogen-bond acceptors (Lipinski definition) is 4. The van der Waals surface area contributed by atoms with E-state index in [0.717, 1.165) is 127 Å². The zero-order valence-corrected chi connectivity index (χ0v) is 49.1. The Bertz CT molecular complexity index is 5530. The van der Waals surface area contributed by atoms with Crippen LogP contribution in [0.25, 0.3) is 122 Å². The van der Waals surface area contributed by atoms with Crippen molar-refractivity contribution in [1.29, 1.82) is 0 Å². The lowest BCUT2D eigenvalue weighted by Gasteiger charge is -2.22. The van der Waals surface area contributed by atoms with Gasteiger partial charge in [0.25, 0.3) is 0 Å². The third-order valence-corrected chi connectivity index (χ3v) is 17.6. The number of rotatable bonds is 7. The molecular formula is C81H51F5N6. The van der Waals surface area contributed by atoms with Gasteiger partial charge < -0.3 is 9.13 Å². The molecule has 0 saturated carbocycles. The van der Waals surface area contributed by atoms with Crippen LogP contribution in [0, 0.1) is 32.5 Å². The van der Waals surface area contributed by atoms with E-state index in [2.05, 4.69) is 60.7 Å². The van der Waals surface area contributed by atoms with Crippen LogP contribution < -0.4 is 10.7 Å². The summed E-state index contributed by atoms with van der Waals surface area (Å²) >= 11 is 0. The van der Waals surface area contributed by atoms with Crippen molar-refractivity contribution in [2.24, 2.45) is 0 Å². The molecule has 0 fully saturated rings. The zero-order valence-electron chi connectivity index (χ0n) is 49.1. The Kier molecular flexibility index (Phi) is 13.7. The van der Waals surface area contributed by atoms with E-state index in [-0.39, 0.29) is 11.3 Å². The highest BCUT2D eigenvalue weighted by Gasteiger charge is 2.37. The zero-order chi connectivity index (χ0) is 62.0. The van der Waals surface area contributed by atoms with Crippen LogP contribution in [-0.4, -0.2) is 29.1 Å². The Morgan fingerprint density at radius 2 is 0.783 bits per heavy atom. The minimum atomic E-state index is -5.06. The fourth-order valence-corrected chi connectivity index (χ4v) is 13.4. The highest BCUT2D eigenvalue weighted by molar-refractivity contribution is 6.13. The van der Waals surface area contributed by atoms with Crippen LogP contribution in [-0.2, 0) is 6.18 Å². The standard InChI is InChI=1S/C81H51F5N6/c82-59-41-58(42-60(83)47-59)69-48-75(91-71-43-54(61-25-13-37-87-77(61)50-17-5-1-6-18-50)29-33-65(71)66-34-30-55(44-72(66)91)62-26-14-38-88-78(62)51-19-7-2-8-20-51)76(49-70(69)81(84,85)86)92-73-45-56(63-27-15-39-89-79(63)52-21-9-3-10-22-52)31-35-67(73)68-36-32-57(46-74(68)92)64-28-16-40-90-80(64)53-23-11-4-12-24-53/h1-17,19,21-49H,18,20H2. The van der Waals surface area contributed by atoms with Crippen molar-refractivity contribution in [3.63, 3.8) is 0 Å². The van der Waals surface area contributed by atoms with Gasteiger partial charge in [-0.25, -0.2) is 8.78 Å². The molecule has 440 valence electrons. The average Bonchev–Trinajstić information content (AvgIpc) is 1.54. The van der Waals surface area contributed by atoms with E-state index in [9.17, 15) is 0 Å². The number of aromatic nitrogens is 6. The maximum atomic E-state index is 16.8. The second kappa shape index (κ2) is 22.7. The van der Waals surface area contributed by atoms with Gasteiger partial charge in [-0.1, -0.05) is 182 Å². The third-order valence-electron chi connectivity index (χ3n) is 17.6. The normalized spacial score (nSPS) is 15.1. The van der Waals surface area contributed by atoms with E-state index >= 15 is 22.0 Å². The summed E-state index contributed by atoms with van der Waals surface area (Å²) in [5, 5.41) is 8.06. The summed E-state index contributed by atoms with van der Waals surface area (Å²) in [7, 11) is 0. The molecule has 0 N–H and O–H groups in total. The molecular weight excluding hydrogens is 1150 g/mol. The van der Waals surface area contributed by atoms with Crippen molar-refractivity contribution in [2.45, 2.75) is 19.0 Å². The molecule has 6 nitrogen and oxygen atoms in total. The molecule has 92 heavy (non-hydrogen) atoms. The Morgan fingerprint density at radius 1 is 0.348 bits per heavy atom. The monoisotopic (exact) mass is 1200 g/mol. The predicted molar refractivity (Wildman–Crippen MR) is 358 cm³/mol. The number of benzene rings is 8. The van der Waals surface area contributed by atoms with Crippen molar-refractivity contribution in [1.82, 2.24) is 29.1 Å². The number of fused-ring (bicyclic) bond motifs is 6. The second-order valence-electron chi connectivity index (χ2n) is 23.0. The SMILES string of the molecule is Fc1cc(F)cc(-c2cc(-n3c4cc(=c5cccnc5=C5C=CC=CC5)ccc4c4ccc(=c5cccnc5=C5C=CC=CC5)cc43)c(-n3c4cc(-c5cccnc5-c5ccccc5)ccc4c4ccc(-c5cccnc5-c5ccccc5)cc43)cc2C(F)(F)F)c1. The maximum absolute atomic E-state index is 16.8. The molecule has 0 radical (unpaired) electrons. The second-order valence-corrected chi connectivity index (χ2v) is 23.0.